The van der Waals surface area contributed by atoms with Crippen molar-refractivity contribution in [2.45, 2.75) is 39.3 Å². The highest BCUT2D eigenvalue weighted by Crippen LogP contribution is 2.28. The highest BCUT2D eigenvalue weighted by Gasteiger charge is 2.11. The quantitative estimate of drug-likeness (QED) is 0.672. The van der Waals surface area contributed by atoms with Crippen LogP contribution in [0.3, 0.4) is 0 Å². The van der Waals surface area contributed by atoms with Crippen LogP contribution in [0.2, 0.25) is 0 Å². The number of hydrogen-bond acceptors (Lipinski definition) is 4. The first-order valence-electron chi connectivity index (χ1n) is 9.57. The maximum atomic E-state index is 11.5. The van der Waals surface area contributed by atoms with E-state index in [1.54, 1.807) is 7.11 Å². The first-order valence-corrected chi connectivity index (χ1v) is 9.57. The average molecular weight is 405 g/mol. The Labute approximate surface area is 173 Å². The second-order valence-electron chi connectivity index (χ2n) is 6.79. The van der Waals surface area contributed by atoms with Crippen LogP contribution in [0.5, 0.6) is 11.5 Å². The molecule has 6 heteroatoms. The van der Waals surface area contributed by atoms with E-state index in [2.05, 4.69) is 28.8 Å². The molecular formula is C22H29ClN2O3. The molecule has 2 N–H and O–H groups in total. The topological polar surface area (TPSA) is 59.6 Å². The van der Waals surface area contributed by atoms with Gasteiger partial charge in [0.25, 0.3) is 5.91 Å². The van der Waals surface area contributed by atoms with E-state index in [0.29, 0.717) is 18.0 Å². The third-order valence-electron chi connectivity index (χ3n) is 4.78. The van der Waals surface area contributed by atoms with Gasteiger partial charge in [0.1, 0.15) is 0 Å². The molecule has 1 aliphatic rings. The van der Waals surface area contributed by atoms with Crippen LogP contribution in [0.1, 0.15) is 35.6 Å². The Balaban J connectivity index is 0.00000280. The molecule has 0 aromatic heterocycles. The van der Waals surface area contributed by atoms with Gasteiger partial charge in [-0.05, 0) is 60.6 Å². The minimum absolute atomic E-state index is 0. The van der Waals surface area contributed by atoms with Crippen molar-refractivity contribution in [2.75, 3.05) is 20.3 Å². The first-order chi connectivity index (χ1) is 13.2. The fourth-order valence-corrected chi connectivity index (χ4v) is 3.42. The van der Waals surface area contributed by atoms with Gasteiger partial charge in [0.15, 0.2) is 18.1 Å². The Bertz CT molecular complexity index is 795. The molecule has 1 amide bonds. The second kappa shape index (κ2) is 10.9. The molecule has 152 valence electrons. The van der Waals surface area contributed by atoms with Gasteiger partial charge in [0.05, 0.1) is 7.11 Å². The van der Waals surface area contributed by atoms with Gasteiger partial charge < -0.3 is 20.1 Å². The molecule has 0 fully saturated rings. The summed E-state index contributed by atoms with van der Waals surface area (Å²) in [4.78, 5) is 11.5. The van der Waals surface area contributed by atoms with Gasteiger partial charge in [-0.25, -0.2) is 0 Å². The Morgan fingerprint density at radius 1 is 1.00 bits per heavy atom. The number of ether oxygens (including phenoxy) is 2. The summed E-state index contributed by atoms with van der Waals surface area (Å²) in [7, 11) is 1.61. The number of rotatable bonds is 9. The molecule has 0 saturated heterocycles. The standard InChI is InChI=1S/C22H28N2O3.ClH/c1-3-24-22(25)15-27-20-10-8-17(12-21(20)26-2)14-23-13-16-7-9-18-5-4-6-19(18)11-16;/h7-12,23H,3-6,13-15H2,1-2H3,(H,24,25);1H. The average Bonchev–Trinajstić information content (AvgIpc) is 3.15. The Morgan fingerprint density at radius 2 is 1.71 bits per heavy atom. The summed E-state index contributed by atoms with van der Waals surface area (Å²) in [6.07, 6.45) is 3.70. The number of halogens is 1. The molecule has 0 aliphatic heterocycles. The van der Waals surface area contributed by atoms with Crippen molar-refractivity contribution in [3.8, 4) is 11.5 Å². The third kappa shape index (κ3) is 5.88. The van der Waals surface area contributed by atoms with E-state index in [1.807, 2.05) is 25.1 Å². The lowest BCUT2D eigenvalue weighted by Crippen LogP contribution is -2.28. The zero-order valence-electron chi connectivity index (χ0n) is 16.5. The predicted octanol–water partition coefficient (Wildman–Crippen LogP) is 3.41. The van der Waals surface area contributed by atoms with Crippen molar-refractivity contribution in [3.63, 3.8) is 0 Å². The van der Waals surface area contributed by atoms with Gasteiger partial charge in [0, 0.05) is 19.6 Å². The molecule has 0 unspecified atom stereocenters. The van der Waals surface area contributed by atoms with Crippen molar-refractivity contribution in [1.82, 2.24) is 10.6 Å². The minimum Gasteiger partial charge on any atom is -0.493 e. The zero-order chi connectivity index (χ0) is 19.1. The molecule has 0 spiro atoms. The van der Waals surface area contributed by atoms with Crippen LogP contribution in [0, 0.1) is 0 Å². The monoisotopic (exact) mass is 404 g/mol. The van der Waals surface area contributed by atoms with Crippen molar-refractivity contribution in [2.24, 2.45) is 0 Å². The fraction of sp³-hybridized carbons (Fsp3) is 0.409. The summed E-state index contributed by atoms with van der Waals surface area (Å²) >= 11 is 0. The lowest BCUT2D eigenvalue weighted by atomic mass is 10.1. The molecule has 2 aromatic carbocycles. The lowest BCUT2D eigenvalue weighted by Gasteiger charge is -2.13. The number of aryl methyl sites for hydroxylation is 2. The van der Waals surface area contributed by atoms with Crippen LogP contribution in [-0.2, 0) is 30.7 Å². The van der Waals surface area contributed by atoms with E-state index >= 15 is 0 Å². The smallest absolute Gasteiger partial charge is 0.257 e. The summed E-state index contributed by atoms with van der Waals surface area (Å²) in [5, 5.41) is 6.20. The van der Waals surface area contributed by atoms with E-state index in [1.165, 1.54) is 36.0 Å². The van der Waals surface area contributed by atoms with Crippen LogP contribution in [0.25, 0.3) is 0 Å². The number of nitrogens with one attached hydrogen (secondary N) is 2. The predicted molar refractivity (Wildman–Crippen MR) is 113 cm³/mol. The molecule has 0 bridgehead atoms. The van der Waals surface area contributed by atoms with E-state index in [-0.39, 0.29) is 24.9 Å². The van der Waals surface area contributed by atoms with Gasteiger partial charge >= 0.3 is 0 Å². The van der Waals surface area contributed by atoms with Gasteiger partial charge in [0.2, 0.25) is 0 Å². The maximum absolute atomic E-state index is 11.5. The van der Waals surface area contributed by atoms with Crippen LogP contribution in [0.4, 0.5) is 0 Å². The van der Waals surface area contributed by atoms with Crippen LogP contribution in [0.15, 0.2) is 36.4 Å². The van der Waals surface area contributed by atoms with Crippen LogP contribution < -0.4 is 20.1 Å². The minimum atomic E-state index is -0.139. The van der Waals surface area contributed by atoms with Gasteiger partial charge in [-0.3, -0.25) is 4.79 Å². The van der Waals surface area contributed by atoms with Crippen molar-refractivity contribution >= 4 is 18.3 Å². The van der Waals surface area contributed by atoms with Crippen molar-refractivity contribution < 1.29 is 14.3 Å². The summed E-state index contributed by atoms with van der Waals surface area (Å²) in [5.41, 5.74) is 5.44. The normalized spacial score (nSPS) is 12.1. The molecule has 5 nitrogen and oxygen atoms in total. The maximum Gasteiger partial charge on any atom is 0.257 e. The van der Waals surface area contributed by atoms with Crippen molar-refractivity contribution in [1.29, 1.82) is 0 Å². The number of benzene rings is 2. The van der Waals surface area contributed by atoms with Gasteiger partial charge in [-0.2, -0.15) is 0 Å². The van der Waals surface area contributed by atoms with Gasteiger partial charge in [-0.1, -0.05) is 24.3 Å². The molecule has 0 atom stereocenters. The highest BCUT2D eigenvalue weighted by molar-refractivity contribution is 5.85. The second-order valence-corrected chi connectivity index (χ2v) is 6.79. The van der Waals surface area contributed by atoms with E-state index in [4.69, 9.17) is 9.47 Å². The number of likely N-dealkylation sites (N-methyl/N-ethyl adjacent to an activating group) is 1. The zero-order valence-corrected chi connectivity index (χ0v) is 17.4. The number of hydrogen-bond donors (Lipinski definition) is 2. The summed E-state index contributed by atoms with van der Waals surface area (Å²) in [5.74, 6) is 1.07. The lowest BCUT2D eigenvalue weighted by molar-refractivity contribution is -0.123. The Hall–Kier alpha value is -2.24. The largest absolute Gasteiger partial charge is 0.493 e. The molecule has 2 aromatic rings. The molecular weight excluding hydrogens is 376 g/mol. The molecule has 0 saturated carbocycles. The SMILES string of the molecule is CCNC(=O)COc1ccc(CNCc2ccc3c(c2)CCC3)cc1OC.Cl. The van der Waals surface area contributed by atoms with Crippen molar-refractivity contribution in [3.05, 3.63) is 58.7 Å². The Kier molecular flexibility index (Phi) is 8.61. The van der Waals surface area contributed by atoms with E-state index in [9.17, 15) is 4.79 Å². The molecule has 28 heavy (non-hydrogen) atoms. The van der Waals surface area contributed by atoms with Crippen LogP contribution >= 0.6 is 12.4 Å². The highest BCUT2D eigenvalue weighted by atomic mass is 35.5. The third-order valence-corrected chi connectivity index (χ3v) is 4.78. The Morgan fingerprint density at radius 3 is 2.46 bits per heavy atom. The van der Waals surface area contributed by atoms with E-state index < -0.39 is 0 Å². The van der Waals surface area contributed by atoms with Crippen LogP contribution in [-0.4, -0.2) is 26.2 Å². The van der Waals surface area contributed by atoms with E-state index in [0.717, 1.165) is 18.7 Å². The number of methoxy groups -OCH3 is 1. The summed E-state index contributed by atoms with van der Waals surface area (Å²) in [6, 6.07) is 12.6. The van der Waals surface area contributed by atoms with Gasteiger partial charge in [-0.15, -0.1) is 12.4 Å². The number of carbonyl (C=O) groups excluding carboxylic acids is 1. The molecule has 0 heterocycles. The first kappa shape index (κ1) is 22.1. The fourth-order valence-electron chi connectivity index (χ4n) is 3.42. The summed E-state index contributed by atoms with van der Waals surface area (Å²) < 4.78 is 11.0. The number of amides is 1. The summed E-state index contributed by atoms with van der Waals surface area (Å²) in [6.45, 7) is 4.03. The molecule has 1 aliphatic carbocycles. The number of carbonyl (C=O) groups is 1. The molecule has 0 radical (unpaired) electrons. The molecule has 3 rings (SSSR count). The number of fused-ring (bicyclic) bond motifs is 1.